The molecule has 3 aliphatic heterocycles. The van der Waals surface area contributed by atoms with E-state index in [0.29, 0.717) is 19.5 Å². The molecule has 1 aromatic carbocycles. The molecule has 3 saturated heterocycles. The topological polar surface area (TPSA) is 228 Å². The Kier molecular flexibility index (Phi) is 22.4. The predicted octanol–water partition coefficient (Wildman–Crippen LogP) is 4.99. The van der Waals surface area contributed by atoms with Gasteiger partial charge in [-0.25, -0.2) is 0 Å². The second-order valence-electron chi connectivity index (χ2n) is 20.6. The van der Waals surface area contributed by atoms with Crippen LogP contribution < -0.4 is 4.74 Å². The van der Waals surface area contributed by atoms with E-state index in [1.165, 1.54) is 14.0 Å². The quantitative estimate of drug-likeness (QED) is 0.121. The molecule has 19 nitrogen and oxygen atoms in total. The Morgan fingerprint density at radius 3 is 2.34 bits per heavy atom. The highest BCUT2D eigenvalue weighted by atomic mass is 16.7. The molecule has 2 aromatic rings. The van der Waals surface area contributed by atoms with Gasteiger partial charge in [0, 0.05) is 70.3 Å². The number of cyclic esters (lactones) is 1. The van der Waals surface area contributed by atoms with Gasteiger partial charge < -0.3 is 67.4 Å². The van der Waals surface area contributed by atoms with Crippen LogP contribution in [-0.2, 0) is 68.3 Å². The minimum Gasteiger partial charge on any atom is -0.497 e. The van der Waals surface area contributed by atoms with E-state index in [-0.39, 0.29) is 45.1 Å². The van der Waals surface area contributed by atoms with E-state index in [1.54, 1.807) is 73.8 Å². The third-order valence-electron chi connectivity index (χ3n) is 14.9. The first kappa shape index (κ1) is 59.5. The van der Waals surface area contributed by atoms with Crippen LogP contribution in [0.4, 0.5) is 0 Å². The van der Waals surface area contributed by atoms with Crippen molar-refractivity contribution in [3.8, 4) is 5.75 Å². The Bertz CT molecular complexity index is 2130. The highest BCUT2D eigenvalue weighted by molar-refractivity contribution is 5.83. The van der Waals surface area contributed by atoms with E-state index in [9.17, 15) is 34.2 Å². The number of rotatable bonds is 17. The third kappa shape index (κ3) is 15.6. The lowest BCUT2D eigenvalue weighted by Crippen LogP contribution is -2.67. The molecule has 19 heteroatoms. The number of pyridine rings is 1. The summed E-state index contributed by atoms with van der Waals surface area (Å²) in [7, 11) is 6.62. The average Bonchev–Trinajstić information content (AvgIpc) is 3.33. The van der Waals surface area contributed by atoms with Crippen molar-refractivity contribution in [3.05, 3.63) is 36.0 Å². The van der Waals surface area contributed by atoms with E-state index in [0.717, 1.165) is 41.3 Å². The summed E-state index contributed by atoms with van der Waals surface area (Å²) < 4.78 is 55.3. The second-order valence-corrected chi connectivity index (χ2v) is 20.6. The van der Waals surface area contributed by atoms with Crippen molar-refractivity contribution in [1.82, 2.24) is 14.8 Å². The fourth-order valence-corrected chi connectivity index (χ4v) is 11.2. The molecular formula is C54H83N3O16. The van der Waals surface area contributed by atoms with Gasteiger partial charge in [-0.3, -0.25) is 24.2 Å². The van der Waals surface area contributed by atoms with Crippen molar-refractivity contribution in [3.63, 3.8) is 0 Å². The Hall–Kier alpha value is -4.34. The maximum Gasteiger partial charge on any atom is 0.309 e. The van der Waals surface area contributed by atoms with Gasteiger partial charge in [0.05, 0.1) is 55.6 Å². The van der Waals surface area contributed by atoms with Crippen molar-refractivity contribution >= 4 is 41.1 Å². The predicted molar refractivity (Wildman–Crippen MR) is 268 cm³/mol. The smallest absolute Gasteiger partial charge is 0.309 e. The number of carbonyl (C=O) groups is 5. The zero-order valence-corrected chi connectivity index (χ0v) is 45.1. The van der Waals surface area contributed by atoms with Crippen molar-refractivity contribution in [2.45, 2.75) is 192 Å². The number of aromatic nitrogens is 1. The first-order valence-electron chi connectivity index (χ1n) is 26.0. The maximum absolute atomic E-state index is 14.0. The summed E-state index contributed by atoms with van der Waals surface area (Å²) in [5.41, 5.74) is 0.648. The summed E-state index contributed by atoms with van der Waals surface area (Å²) in [6.07, 6.45) is -6.22. The number of aldehydes is 1. The number of benzene rings is 1. The standard InChI is InChI=1S/C54H83N3O16/c1-13-43(61)70-42-28-45(63)67-32(4)20-24-57(23-15-16-36-19-22-55-40-18-17-38(65-11)27-39(36)40)30-41(60)31(3)26-37(21-25-58)47(51(42)66-12)52-49(64)48(56(9)10)50(33(5)69-52)72-46-29-54(8,73-35(7)59)53(34(6)68-46)71-44(62)14-2/h17-19,22,25,27,31-34,37,41-42,46-53,60,64H,13-16,20-21,23-24,26,28-30H2,1-12H3/t31-,32-,33-,34+,37+,41+,42-,46+,47+,48-,49-,50-,51-,52+,53+,54-/m1/s1. The highest BCUT2D eigenvalue weighted by Gasteiger charge is 2.56. The summed E-state index contributed by atoms with van der Waals surface area (Å²) >= 11 is 0. The van der Waals surface area contributed by atoms with Crippen LogP contribution in [0.15, 0.2) is 30.5 Å². The van der Waals surface area contributed by atoms with Gasteiger partial charge in [-0.05, 0) is 116 Å². The van der Waals surface area contributed by atoms with Crippen LogP contribution >= 0.6 is 0 Å². The number of ether oxygens (including phenoxy) is 9. The molecule has 410 valence electrons. The fraction of sp³-hybridized carbons (Fsp3) is 0.741. The summed E-state index contributed by atoms with van der Waals surface area (Å²) in [5, 5.41) is 25.9. The minimum absolute atomic E-state index is 0.00704. The van der Waals surface area contributed by atoms with E-state index in [2.05, 4.69) is 9.88 Å². The van der Waals surface area contributed by atoms with Crippen LogP contribution in [-0.4, -0.2) is 182 Å². The molecule has 3 fully saturated rings. The molecule has 16 atom stereocenters. The van der Waals surface area contributed by atoms with Gasteiger partial charge in [0.15, 0.2) is 18.0 Å². The van der Waals surface area contributed by atoms with Gasteiger partial charge >= 0.3 is 23.9 Å². The Balaban J connectivity index is 1.48. The van der Waals surface area contributed by atoms with Gasteiger partial charge in [0.2, 0.25) is 0 Å². The molecule has 0 amide bonds. The molecule has 0 aliphatic carbocycles. The normalized spacial score (nSPS) is 34.2. The molecule has 0 bridgehead atoms. The summed E-state index contributed by atoms with van der Waals surface area (Å²) in [5.74, 6) is -3.53. The van der Waals surface area contributed by atoms with Crippen molar-refractivity contribution in [2.24, 2.45) is 17.8 Å². The number of hydrogen-bond acceptors (Lipinski definition) is 19. The van der Waals surface area contributed by atoms with Crippen LogP contribution in [0.5, 0.6) is 5.75 Å². The van der Waals surface area contributed by atoms with Gasteiger partial charge in [-0.15, -0.1) is 0 Å². The van der Waals surface area contributed by atoms with Crippen LogP contribution in [0.25, 0.3) is 10.9 Å². The summed E-state index contributed by atoms with van der Waals surface area (Å²) in [4.78, 5) is 73.5. The Morgan fingerprint density at radius 2 is 1.70 bits per heavy atom. The van der Waals surface area contributed by atoms with Crippen LogP contribution in [0.1, 0.15) is 112 Å². The number of aliphatic hydroxyl groups is 2. The van der Waals surface area contributed by atoms with Crippen molar-refractivity contribution < 1.29 is 76.8 Å². The molecule has 0 unspecified atom stereocenters. The lowest BCUT2D eigenvalue weighted by Gasteiger charge is -2.53. The minimum atomic E-state index is -1.36. The number of likely N-dealkylation sites (N-methyl/N-ethyl adjacent to an activating group) is 1. The number of fused-ring (bicyclic) bond motifs is 1. The molecule has 5 rings (SSSR count). The third-order valence-corrected chi connectivity index (χ3v) is 14.9. The van der Waals surface area contributed by atoms with Crippen molar-refractivity contribution in [1.29, 1.82) is 0 Å². The van der Waals surface area contributed by atoms with Crippen LogP contribution in [0.3, 0.4) is 0 Å². The number of aliphatic hydroxyl groups excluding tert-OH is 2. The molecular weight excluding hydrogens is 947 g/mol. The van der Waals surface area contributed by atoms with Gasteiger partial charge in [-0.1, -0.05) is 20.8 Å². The van der Waals surface area contributed by atoms with E-state index < -0.39 is 121 Å². The van der Waals surface area contributed by atoms with Gasteiger partial charge in [-0.2, -0.15) is 0 Å². The monoisotopic (exact) mass is 1030 g/mol. The van der Waals surface area contributed by atoms with Crippen LogP contribution in [0, 0.1) is 17.8 Å². The number of nitrogens with zero attached hydrogens (tertiary/aromatic N) is 3. The van der Waals surface area contributed by atoms with Gasteiger partial charge in [0.1, 0.15) is 36.5 Å². The molecule has 4 heterocycles. The average molecular weight is 1030 g/mol. The number of hydrogen-bond donors (Lipinski definition) is 2. The SMILES string of the molecule is CCC(=O)O[C@@H]1CC(=O)O[C@H](C)CCN(CCCc2ccnc3ccc(OC)cc23)C[C@H](O)[C@H](C)C[C@H](CC=O)[C@H]([C@@H]2O[C@H](C)[C@@H](O[C@H]3C[C@@](C)(OC(C)=O)[C@@H](OC(=O)CC)[C@H](C)O3)[C@H](N(C)C)[C@H]2O)[C@@H]1OC. The number of β-amino-alcohol motifs (C(OH)–C–C–N with tert-alkyl or cyclic N) is 1. The van der Waals surface area contributed by atoms with Crippen LogP contribution in [0.2, 0.25) is 0 Å². The van der Waals surface area contributed by atoms with E-state index >= 15 is 0 Å². The lowest BCUT2D eigenvalue weighted by atomic mass is 9.71. The van der Waals surface area contributed by atoms with Gasteiger partial charge in [0.25, 0.3) is 0 Å². The molecule has 0 radical (unpaired) electrons. The largest absolute Gasteiger partial charge is 0.497 e. The number of esters is 4. The molecule has 2 N–H and O–H groups in total. The first-order valence-corrected chi connectivity index (χ1v) is 26.0. The zero-order chi connectivity index (χ0) is 53.7. The number of carbonyl (C=O) groups excluding carboxylic acids is 5. The fourth-order valence-electron chi connectivity index (χ4n) is 11.2. The molecule has 0 spiro atoms. The lowest BCUT2D eigenvalue weighted by molar-refractivity contribution is -0.319. The molecule has 3 aliphatic rings. The summed E-state index contributed by atoms with van der Waals surface area (Å²) in [6.45, 7) is 14.9. The number of aryl methyl sites for hydroxylation is 1. The van der Waals surface area contributed by atoms with E-state index in [4.69, 9.17) is 42.6 Å². The number of methoxy groups -OCH3 is 2. The summed E-state index contributed by atoms with van der Waals surface area (Å²) in [6, 6.07) is 7.01. The zero-order valence-electron chi connectivity index (χ0n) is 45.1. The molecule has 0 saturated carbocycles. The Labute approximate surface area is 431 Å². The van der Waals surface area contributed by atoms with Crippen molar-refractivity contribution in [2.75, 3.05) is 47.9 Å². The maximum atomic E-state index is 14.0. The van der Waals surface area contributed by atoms with E-state index in [1.807, 2.05) is 31.2 Å². The highest BCUT2D eigenvalue weighted by Crippen LogP contribution is 2.43. The molecule has 1 aromatic heterocycles. The molecule has 73 heavy (non-hydrogen) atoms. The first-order chi connectivity index (χ1) is 34.7. The Morgan fingerprint density at radius 1 is 0.986 bits per heavy atom. The second kappa shape index (κ2) is 27.4.